The lowest BCUT2D eigenvalue weighted by atomic mass is 10.1. The second-order valence-electron chi connectivity index (χ2n) is 3.83. The number of amides is 1. The SMILES string of the molecule is O=C(c1ccc(Br)cn1)N1CCC(Br)CC1. The number of carbonyl (C=O) groups is 1. The van der Waals surface area contributed by atoms with Crippen molar-refractivity contribution in [1.82, 2.24) is 9.88 Å². The molecular weight excluding hydrogens is 336 g/mol. The van der Waals surface area contributed by atoms with Gasteiger partial charge in [0.25, 0.3) is 5.91 Å². The monoisotopic (exact) mass is 346 g/mol. The number of hydrogen-bond donors (Lipinski definition) is 0. The minimum absolute atomic E-state index is 0.0342. The van der Waals surface area contributed by atoms with Crippen molar-refractivity contribution >= 4 is 37.8 Å². The molecule has 1 amide bonds. The summed E-state index contributed by atoms with van der Waals surface area (Å²) in [6.45, 7) is 1.62. The zero-order valence-electron chi connectivity index (χ0n) is 8.70. The number of carbonyl (C=O) groups excluding carboxylic acids is 1. The lowest BCUT2D eigenvalue weighted by molar-refractivity contribution is 0.0722. The van der Waals surface area contributed by atoms with Gasteiger partial charge in [-0.15, -0.1) is 0 Å². The van der Waals surface area contributed by atoms with E-state index in [1.165, 1.54) is 0 Å². The van der Waals surface area contributed by atoms with E-state index in [-0.39, 0.29) is 5.91 Å². The third kappa shape index (κ3) is 2.83. The molecular formula is C11H12Br2N2O. The molecule has 0 N–H and O–H groups in total. The van der Waals surface area contributed by atoms with Crippen molar-refractivity contribution < 1.29 is 4.79 Å². The summed E-state index contributed by atoms with van der Waals surface area (Å²) in [5.74, 6) is 0.0342. The molecule has 1 fully saturated rings. The first-order valence-corrected chi connectivity index (χ1v) is 6.92. The normalized spacial score (nSPS) is 17.5. The number of alkyl halides is 1. The average Bonchev–Trinajstić information content (AvgIpc) is 2.30. The van der Waals surface area contributed by atoms with Gasteiger partial charge in [0, 0.05) is 28.6 Å². The van der Waals surface area contributed by atoms with E-state index in [9.17, 15) is 4.79 Å². The molecule has 1 aromatic heterocycles. The number of hydrogen-bond acceptors (Lipinski definition) is 2. The van der Waals surface area contributed by atoms with Crippen molar-refractivity contribution in [3.8, 4) is 0 Å². The van der Waals surface area contributed by atoms with E-state index in [0.717, 1.165) is 30.4 Å². The van der Waals surface area contributed by atoms with Crippen LogP contribution in [-0.4, -0.2) is 33.7 Å². The Morgan fingerprint density at radius 1 is 1.38 bits per heavy atom. The van der Waals surface area contributed by atoms with Crippen LogP contribution < -0.4 is 0 Å². The van der Waals surface area contributed by atoms with Crippen molar-refractivity contribution in [2.75, 3.05) is 13.1 Å². The number of rotatable bonds is 1. The summed E-state index contributed by atoms with van der Waals surface area (Å²) < 4.78 is 0.892. The van der Waals surface area contributed by atoms with Gasteiger partial charge in [0.1, 0.15) is 5.69 Å². The Labute approximate surface area is 111 Å². The molecule has 86 valence electrons. The van der Waals surface area contributed by atoms with Gasteiger partial charge >= 0.3 is 0 Å². The lowest BCUT2D eigenvalue weighted by Gasteiger charge is -2.29. The summed E-state index contributed by atoms with van der Waals surface area (Å²) in [5, 5.41) is 0. The number of likely N-dealkylation sites (tertiary alicyclic amines) is 1. The lowest BCUT2D eigenvalue weighted by Crippen LogP contribution is -2.39. The van der Waals surface area contributed by atoms with Crippen LogP contribution in [-0.2, 0) is 0 Å². The van der Waals surface area contributed by atoms with Crippen LogP contribution >= 0.6 is 31.9 Å². The Morgan fingerprint density at radius 2 is 2.06 bits per heavy atom. The van der Waals surface area contributed by atoms with Crippen molar-refractivity contribution in [3.05, 3.63) is 28.5 Å². The van der Waals surface area contributed by atoms with E-state index in [1.54, 1.807) is 12.3 Å². The maximum absolute atomic E-state index is 12.1. The second-order valence-corrected chi connectivity index (χ2v) is 6.04. The van der Waals surface area contributed by atoms with Gasteiger partial charge in [-0.1, -0.05) is 15.9 Å². The van der Waals surface area contributed by atoms with E-state index in [1.807, 2.05) is 11.0 Å². The number of aromatic nitrogens is 1. The van der Waals surface area contributed by atoms with E-state index < -0.39 is 0 Å². The molecule has 0 atom stereocenters. The molecule has 0 spiro atoms. The highest BCUT2D eigenvalue weighted by Gasteiger charge is 2.22. The molecule has 1 aliphatic rings. The molecule has 3 nitrogen and oxygen atoms in total. The molecule has 0 radical (unpaired) electrons. The maximum Gasteiger partial charge on any atom is 0.272 e. The molecule has 0 saturated carbocycles. The first kappa shape index (κ1) is 12.0. The first-order valence-electron chi connectivity index (χ1n) is 5.22. The van der Waals surface area contributed by atoms with Crippen LogP contribution in [0.2, 0.25) is 0 Å². The van der Waals surface area contributed by atoms with Gasteiger partial charge in [-0.05, 0) is 40.9 Å². The Bertz CT molecular complexity index is 372. The van der Waals surface area contributed by atoms with Crippen LogP contribution in [0, 0.1) is 0 Å². The van der Waals surface area contributed by atoms with Gasteiger partial charge < -0.3 is 4.90 Å². The molecule has 0 unspecified atom stereocenters. The zero-order chi connectivity index (χ0) is 11.5. The number of piperidine rings is 1. The second kappa shape index (κ2) is 5.27. The zero-order valence-corrected chi connectivity index (χ0v) is 11.9. The molecule has 0 bridgehead atoms. The highest BCUT2D eigenvalue weighted by atomic mass is 79.9. The van der Waals surface area contributed by atoms with Gasteiger partial charge in [-0.2, -0.15) is 0 Å². The van der Waals surface area contributed by atoms with Gasteiger partial charge in [-0.3, -0.25) is 4.79 Å². The molecule has 0 aromatic carbocycles. The summed E-state index contributed by atoms with van der Waals surface area (Å²) in [6.07, 6.45) is 3.69. The Kier molecular flexibility index (Phi) is 3.97. The smallest absolute Gasteiger partial charge is 0.272 e. The van der Waals surface area contributed by atoms with Crippen LogP contribution in [0.25, 0.3) is 0 Å². The molecule has 1 aromatic rings. The van der Waals surface area contributed by atoms with Gasteiger partial charge in [-0.25, -0.2) is 4.98 Å². The number of nitrogens with zero attached hydrogens (tertiary/aromatic N) is 2. The predicted molar refractivity (Wildman–Crippen MR) is 69.8 cm³/mol. The highest BCUT2D eigenvalue weighted by Crippen LogP contribution is 2.19. The molecule has 2 heterocycles. The van der Waals surface area contributed by atoms with E-state index in [2.05, 4.69) is 36.8 Å². The third-order valence-corrected chi connectivity index (χ3v) is 4.04. The topological polar surface area (TPSA) is 33.2 Å². The standard InChI is InChI=1S/C11H12Br2N2O/c12-8-3-5-15(6-4-8)11(16)10-2-1-9(13)7-14-10/h1-2,7-8H,3-6H2. The Hall–Kier alpha value is -0.420. The molecule has 5 heteroatoms. The molecule has 16 heavy (non-hydrogen) atoms. The quantitative estimate of drug-likeness (QED) is 0.732. The van der Waals surface area contributed by atoms with Crippen molar-refractivity contribution in [2.24, 2.45) is 0 Å². The van der Waals surface area contributed by atoms with Crippen molar-refractivity contribution in [2.45, 2.75) is 17.7 Å². The van der Waals surface area contributed by atoms with Crippen LogP contribution in [0.1, 0.15) is 23.3 Å². The number of pyridine rings is 1. The van der Waals surface area contributed by atoms with E-state index in [4.69, 9.17) is 0 Å². The largest absolute Gasteiger partial charge is 0.337 e. The minimum atomic E-state index is 0.0342. The fourth-order valence-corrected chi connectivity index (χ4v) is 2.36. The van der Waals surface area contributed by atoms with Gasteiger partial charge in [0.2, 0.25) is 0 Å². The molecule has 1 saturated heterocycles. The first-order chi connectivity index (χ1) is 7.66. The van der Waals surface area contributed by atoms with Crippen molar-refractivity contribution in [3.63, 3.8) is 0 Å². The van der Waals surface area contributed by atoms with Crippen LogP contribution in [0.5, 0.6) is 0 Å². The number of halogens is 2. The van der Waals surface area contributed by atoms with Gasteiger partial charge in [0.15, 0.2) is 0 Å². The van der Waals surface area contributed by atoms with E-state index >= 15 is 0 Å². The highest BCUT2D eigenvalue weighted by molar-refractivity contribution is 9.10. The van der Waals surface area contributed by atoms with Crippen LogP contribution in [0.4, 0.5) is 0 Å². The fraction of sp³-hybridized carbons (Fsp3) is 0.455. The fourth-order valence-electron chi connectivity index (χ4n) is 1.72. The average molecular weight is 348 g/mol. The third-order valence-electron chi connectivity index (χ3n) is 2.66. The van der Waals surface area contributed by atoms with Crippen LogP contribution in [0.15, 0.2) is 22.8 Å². The van der Waals surface area contributed by atoms with Crippen LogP contribution in [0.3, 0.4) is 0 Å². The summed E-state index contributed by atoms with van der Waals surface area (Å²) >= 11 is 6.88. The summed E-state index contributed by atoms with van der Waals surface area (Å²) in [4.78, 5) is 18.6. The maximum atomic E-state index is 12.1. The summed E-state index contributed by atoms with van der Waals surface area (Å²) in [6, 6.07) is 3.60. The molecule has 2 rings (SSSR count). The van der Waals surface area contributed by atoms with E-state index in [0.29, 0.717) is 10.5 Å². The van der Waals surface area contributed by atoms with Gasteiger partial charge in [0.05, 0.1) is 0 Å². The van der Waals surface area contributed by atoms with Crippen molar-refractivity contribution in [1.29, 1.82) is 0 Å². The summed E-state index contributed by atoms with van der Waals surface area (Å²) in [5.41, 5.74) is 0.524. The molecule has 0 aliphatic carbocycles. The molecule has 1 aliphatic heterocycles. The summed E-state index contributed by atoms with van der Waals surface area (Å²) in [7, 11) is 0. The Balaban J connectivity index is 2.05. The predicted octanol–water partition coefficient (Wildman–Crippen LogP) is 2.84. The minimum Gasteiger partial charge on any atom is -0.337 e. The Morgan fingerprint density at radius 3 is 2.62 bits per heavy atom.